The fourth-order valence-corrected chi connectivity index (χ4v) is 2.12. The van der Waals surface area contributed by atoms with Gasteiger partial charge in [-0.2, -0.15) is 0 Å². The zero-order chi connectivity index (χ0) is 12.5. The van der Waals surface area contributed by atoms with Crippen molar-refractivity contribution in [2.24, 2.45) is 0 Å². The van der Waals surface area contributed by atoms with Crippen molar-refractivity contribution < 1.29 is 14.9 Å². The van der Waals surface area contributed by atoms with Crippen molar-refractivity contribution in [1.29, 1.82) is 0 Å². The molecule has 0 aromatic heterocycles. The van der Waals surface area contributed by atoms with Crippen LogP contribution in [0.25, 0.3) is 0 Å². The molecule has 0 radical (unpaired) electrons. The van der Waals surface area contributed by atoms with Crippen LogP contribution in [0.2, 0.25) is 0 Å². The topological polar surface area (TPSA) is 61.7 Å². The van der Waals surface area contributed by atoms with Gasteiger partial charge in [-0.3, -0.25) is 0 Å². The summed E-state index contributed by atoms with van der Waals surface area (Å²) in [6.45, 7) is 3.47. The monoisotopic (exact) mass is 245 g/mol. The first-order chi connectivity index (χ1) is 8.18. The summed E-state index contributed by atoms with van der Waals surface area (Å²) in [6, 6.07) is 0. The molecular weight excluding hydrogens is 218 g/mol. The Bertz CT molecular complexity index is 182. The van der Waals surface area contributed by atoms with E-state index in [9.17, 15) is 5.11 Å². The highest BCUT2D eigenvalue weighted by atomic mass is 16.5. The van der Waals surface area contributed by atoms with E-state index in [0.29, 0.717) is 19.3 Å². The Morgan fingerprint density at radius 1 is 1.24 bits per heavy atom. The fourth-order valence-electron chi connectivity index (χ4n) is 2.12. The second kappa shape index (κ2) is 8.86. The lowest BCUT2D eigenvalue weighted by Gasteiger charge is -2.23. The summed E-state index contributed by atoms with van der Waals surface area (Å²) in [7, 11) is 0. The minimum Gasteiger partial charge on any atom is -0.393 e. The van der Waals surface area contributed by atoms with Crippen molar-refractivity contribution in [1.82, 2.24) is 5.32 Å². The van der Waals surface area contributed by atoms with Crippen LogP contribution in [0.3, 0.4) is 0 Å². The van der Waals surface area contributed by atoms with Crippen molar-refractivity contribution in [3.05, 3.63) is 0 Å². The summed E-state index contributed by atoms with van der Waals surface area (Å²) in [6.07, 6.45) is 6.48. The maximum atomic E-state index is 9.70. The lowest BCUT2D eigenvalue weighted by molar-refractivity contribution is -0.0230. The van der Waals surface area contributed by atoms with E-state index in [2.05, 4.69) is 5.32 Å². The normalized spacial score (nSPS) is 21.4. The van der Waals surface area contributed by atoms with Crippen molar-refractivity contribution in [3.63, 3.8) is 0 Å². The first-order valence-corrected chi connectivity index (χ1v) is 6.87. The SMILES string of the molecule is CC(O)CCNCC(O)COC1CCCCC1. The quantitative estimate of drug-likeness (QED) is 0.560. The van der Waals surface area contributed by atoms with Crippen LogP contribution in [0, 0.1) is 0 Å². The Morgan fingerprint density at radius 3 is 2.59 bits per heavy atom. The molecule has 4 nitrogen and oxygen atoms in total. The second-order valence-corrected chi connectivity index (χ2v) is 5.09. The molecule has 0 aromatic carbocycles. The molecular formula is C13H27NO3. The number of hydrogen-bond donors (Lipinski definition) is 3. The number of aliphatic hydroxyl groups excluding tert-OH is 2. The summed E-state index contributed by atoms with van der Waals surface area (Å²) < 4.78 is 5.68. The number of ether oxygens (including phenoxy) is 1. The molecule has 1 fully saturated rings. The van der Waals surface area contributed by atoms with Gasteiger partial charge in [0.2, 0.25) is 0 Å². The summed E-state index contributed by atoms with van der Waals surface area (Å²) >= 11 is 0. The van der Waals surface area contributed by atoms with Crippen LogP contribution in [0.5, 0.6) is 0 Å². The molecule has 0 spiro atoms. The molecule has 0 aromatic rings. The zero-order valence-corrected chi connectivity index (χ0v) is 10.9. The van der Waals surface area contributed by atoms with Crippen LogP contribution >= 0.6 is 0 Å². The Kier molecular flexibility index (Phi) is 7.77. The molecule has 4 heteroatoms. The van der Waals surface area contributed by atoms with E-state index in [-0.39, 0.29) is 6.10 Å². The lowest BCUT2D eigenvalue weighted by atomic mass is 9.98. The Hall–Kier alpha value is -0.160. The predicted octanol–water partition coefficient (Wildman–Crippen LogP) is 1.06. The highest BCUT2D eigenvalue weighted by Gasteiger charge is 2.15. The maximum absolute atomic E-state index is 9.70. The van der Waals surface area contributed by atoms with E-state index >= 15 is 0 Å². The van der Waals surface area contributed by atoms with Crippen molar-refractivity contribution in [2.45, 2.75) is 63.8 Å². The number of rotatable bonds is 8. The van der Waals surface area contributed by atoms with Crippen molar-refractivity contribution in [3.8, 4) is 0 Å². The Balaban J connectivity index is 1.94. The summed E-state index contributed by atoms with van der Waals surface area (Å²) in [4.78, 5) is 0. The van der Waals surface area contributed by atoms with Gasteiger partial charge in [-0.15, -0.1) is 0 Å². The molecule has 0 amide bonds. The van der Waals surface area contributed by atoms with Crippen LogP contribution < -0.4 is 5.32 Å². The number of hydrogen-bond acceptors (Lipinski definition) is 4. The van der Waals surface area contributed by atoms with Gasteiger partial charge in [-0.1, -0.05) is 19.3 Å². The fraction of sp³-hybridized carbons (Fsp3) is 1.00. The predicted molar refractivity (Wildman–Crippen MR) is 68.0 cm³/mol. The molecule has 1 aliphatic rings. The van der Waals surface area contributed by atoms with Gasteiger partial charge in [-0.25, -0.2) is 0 Å². The van der Waals surface area contributed by atoms with Crippen molar-refractivity contribution >= 4 is 0 Å². The largest absolute Gasteiger partial charge is 0.393 e. The summed E-state index contributed by atoms with van der Waals surface area (Å²) in [5.74, 6) is 0. The molecule has 0 aliphatic heterocycles. The molecule has 3 N–H and O–H groups in total. The molecule has 1 aliphatic carbocycles. The van der Waals surface area contributed by atoms with Crippen molar-refractivity contribution in [2.75, 3.05) is 19.7 Å². The summed E-state index contributed by atoms with van der Waals surface area (Å²) in [5, 5.41) is 21.9. The third kappa shape index (κ3) is 7.71. The third-order valence-corrected chi connectivity index (χ3v) is 3.20. The van der Waals surface area contributed by atoms with Crippen LogP contribution in [0.1, 0.15) is 45.4 Å². The van der Waals surface area contributed by atoms with Gasteiger partial charge in [0.25, 0.3) is 0 Å². The molecule has 1 saturated carbocycles. The highest BCUT2D eigenvalue weighted by molar-refractivity contribution is 4.67. The van der Waals surface area contributed by atoms with Gasteiger partial charge in [0.15, 0.2) is 0 Å². The third-order valence-electron chi connectivity index (χ3n) is 3.20. The summed E-state index contributed by atoms with van der Waals surface area (Å²) in [5.41, 5.74) is 0. The number of aliphatic hydroxyl groups is 2. The van der Waals surface area contributed by atoms with Crippen LogP contribution in [0.4, 0.5) is 0 Å². The zero-order valence-electron chi connectivity index (χ0n) is 10.9. The average Bonchev–Trinajstić information content (AvgIpc) is 2.33. The standard InChI is InChI=1S/C13H27NO3/c1-11(15)7-8-14-9-12(16)10-17-13-5-3-2-4-6-13/h11-16H,2-10H2,1H3. The average molecular weight is 245 g/mol. The van der Waals surface area contributed by atoms with Gasteiger partial charge < -0.3 is 20.3 Å². The van der Waals surface area contributed by atoms with E-state index < -0.39 is 6.10 Å². The van der Waals surface area contributed by atoms with E-state index in [1.54, 1.807) is 6.92 Å². The highest BCUT2D eigenvalue weighted by Crippen LogP contribution is 2.20. The molecule has 102 valence electrons. The van der Waals surface area contributed by atoms with Gasteiger partial charge >= 0.3 is 0 Å². The second-order valence-electron chi connectivity index (χ2n) is 5.09. The number of nitrogens with one attached hydrogen (secondary N) is 1. The maximum Gasteiger partial charge on any atom is 0.0897 e. The van der Waals surface area contributed by atoms with Crippen LogP contribution in [-0.4, -0.2) is 48.2 Å². The minimum absolute atomic E-state index is 0.280. The molecule has 17 heavy (non-hydrogen) atoms. The Morgan fingerprint density at radius 2 is 1.94 bits per heavy atom. The minimum atomic E-state index is -0.439. The van der Waals surface area contributed by atoms with Gasteiger partial charge in [0, 0.05) is 6.54 Å². The molecule has 1 rings (SSSR count). The first-order valence-electron chi connectivity index (χ1n) is 6.87. The van der Waals surface area contributed by atoms with Gasteiger partial charge in [0.05, 0.1) is 24.9 Å². The van der Waals surface area contributed by atoms with E-state index in [1.165, 1.54) is 19.3 Å². The van der Waals surface area contributed by atoms with Crippen LogP contribution in [0.15, 0.2) is 0 Å². The van der Waals surface area contributed by atoms with E-state index in [0.717, 1.165) is 25.8 Å². The molecule has 0 saturated heterocycles. The smallest absolute Gasteiger partial charge is 0.0897 e. The van der Waals surface area contributed by atoms with Gasteiger partial charge in [-0.05, 0) is 32.7 Å². The van der Waals surface area contributed by atoms with E-state index in [1.807, 2.05) is 0 Å². The molecule has 0 heterocycles. The van der Waals surface area contributed by atoms with Crippen LogP contribution in [-0.2, 0) is 4.74 Å². The lowest BCUT2D eigenvalue weighted by Crippen LogP contribution is -2.33. The van der Waals surface area contributed by atoms with E-state index in [4.69, 9.17) is 9.84 Å². The van der Waals surface area contributed by atoms with Gasteiger partial charge in [0.1, 0.15) is 0 Å². The Labute approximate surface area is 104 Å². The first kappa shape index (κ1) is 14.9. The molecule has 2 unspecified atom stereocenters. The molecule has 2 atom stereocenters. The molecule has 0 bridgehead atoms.